The molecular formula is C44H56IrNO2-. The van der Waals surface area contributed by atoms with Crippen molar-refractivity contribution in [3.05, 3.63) is 90.3 Å². The Morgan fingerprint density at radius 1 is 0.812 bits per heavy atom. The Hall–Kier alpha value is -2.81. The number of rotatable bonds is 7. The average molecular weight is 823 g/mol. The Balaban J connectivity index is 0.000000236. The summed E-state index contributed by atoms with van der Waals surface area (Å²) < 4.78 is 0. The van der Waals surface area contributed by atoms with Gasteiger partial charge in [-0.1, -0.05) is 114 Å². The van der Waals surface area contributed by atoms with Gasteiger partial charge in [0.1, 0.15) is 0 Å². The first kappa shape index (κ1) is 38.0. The minimum absolute atomic E-state index is 0. The molecule has 1 aromatic heterocycles. The first-order valence-corrected chi connectivity index (χ1v) is 18.3. The molecule has 0 saturated heterocycles. The Morgan fingerprint density at radius 2 is 1.50 bits per heavy atom. The van der Waals surface area contributed by atoms with Crippen LogP contribution in [-0.4, -0.2) is 15.9 Å². The maximum Gasteiger partial charge on any atom is 0.162 e. The van der Waals surface area contributed by atoms with Crippen LogP contribution in [0.25, 0.3) is 32.8 Å². The van der Waals surface area contributed by atoms with Crippen LogP contribution in [0, 0.1) is 23.8 Å². The molecule has 3 nitrogen and oxygen atoms in total. The molecule has 3 fully saturated rings. The van der Waals surface area contributed by atoms with Gasteiger partial charge in [0, 0.05) is 44.2 Å². The van der Waals surface area contributed by atoms with E-state index in [-0.39, 0.29) is 45.2 Å². The standard InChI is InChI=1S/C28H28N.C15H24O2.CH4.Ir/c1-2-6-20-11-13-21(14-12-20)23-15-16-26-24(19-23)17-18-29-28(26)27-10-5-8-22-7-3-4-9-25(22)27;16-14(12-7-3-1-4-8-12)11-15(17)13-9-5-2-6-10-13;;/h3-5,7-9,15-21H,2,6,11-14H2,1H3;11-13,16H,1-10H2;1H4;/q-1;;;. The predicted octanol–water partition coefficient (Wildman–Crippen LogP) is 12.7. The maximum absolute atomic E-state index is 12.0. The van der Waals surface area contributed by atoms with Crippen molar-refractivity contribution in [2.75, 3.05) is 0 Å². The molecule has 1 N–H and O–H groups in total. The smallest absolute Gasteiger partial charge is 0.162 e. The molecule has 48 heavy (non-hydrogen) atoms. The minimum Gasteiger partial charge on any atom is -0.512 e. The van der Waals surface area contributed by atoms with E-state index in [2.05, 4.69) is 67.6 Å². The van der Waals surface area contributed by atoms with E-state index >= 15 is 0 Å². The van der Waals surface area contributed by atoms with E-state index in [1.54, 1.807) is 6.08 Å². The summed E-state index contributed by atoms with van der Waals surface area (Å²) in [6, 6.07) is 25.3. The van der Waals surface area contributed by atoms with Gasteiger partial charge in [0.2, 0.25) is 0 Å². The molecular weight excluding hydrogens is 767 g/mol. The van der Waals surface area contributed by atoms with Gasteiger partial charge in [-0.25, -0.2) is 0 Å². The number of fused-ring (bicyclic) bond motifs is 2. The third kappa shape index (κ3) is 9.45. The van der Waals surface area contributed by atoms with E-state index < -0.39 is 0 Å². The van der Waals surface area contributed by atoms with Crippen LogP contribution in [0.5, 0.6) is 0 Å². The molecule has 259 valence electrons. The van der Waals surface area contributed by atoms with E-state index in [0.717, 1.165) is 42.9 Å². The van der Waals surface area contributed by atoms with Crippen molar-refractivity contribution in [2.24, 2.45) is 17.8 Å². The summed E-state index contributed by atoms with van der Waals surface area (Å²) in [6.45, 7) is 2.31. The Bertz CT molecular complexity index is 1620. The molecule has 4 heteroatoms. The van der Waals surface area contributed by atoms with Gasteiger partial charge in [-0.3, -0.25) is 4.79 Å². The van der Waals surface area contributed by atoms with Gasteiger partial charge in [-0.05, 0) is 91.3 Å². The second-order valence-electron chi connectivity index (χ2n) is 14.2. The Labute approximate surface area is 303 Å². The summed E-state index contributed by atoms with van der Waals surface area (Å²) in [6.07, 6.45) is 23.1. The number of aliphatic hydroxyl groups is 1. The second-order valence-corrected chi connectivity index (χ2v) is 14.2. The molecule has 3 aromatic carbocycles. The largest absolute Gasteiger partial charge is 0.512 e. The van der Waals surface area contributed by atoms with Gasteiger partial charge in [-0.15, -0.1) is 29.1 Å². The molecule has 0 atom stereocenters. The van der Waals surface area contributed by atoms with Crippen molar-refractivity contribution >= 4 is 27.3 Å². The quantitative estimate of drug-likeness (QED) is 0.115. The van der Waals surface area contributed by atoms with Gasteiger partial charge in [0.15, 0.2) is 5.78 Å². The fourth-order valence-electron chi connectivity index (χ4n) is 8.37. The van der Waals surface area contributed by atoms with E-state index in [0.29, 0.717) is 11.7 Å². The summed E-state index contributed by atoms with van der Waals surface area (Å²) in [5.41, 5.74) is 3.64. The number of allylic oxidation sites excluding steroid dienone is 2. The number of carbonyl (C=O) groups is 1. The molecule has 0 bridgehead atoms. The van der Waals surface area contributed by atoms with Gasteiger partial charge in [0.05, 0.1) is 5.76 Å². The third-order valence-corrected chi connectivity index (χ3v) is 11.1. The number of hydrogen-bond acceptors (Lipinski definition) is 3. The fraction of sp³-hybridized carbons (Fsp3) is 0.500. The number of benzene rings is 3. The first-order chi connectivity index (χ1) is 22.6. The molecule has 0 spiro atoms. The number of aliphatic hydroxyl groups excluding tert-OH is 1. The van der Waals surface area contributed by atoms with E-state index in [1.165, 1.54) is 104 Å². The molecule has 3 aliphatic rings. The molecule has 4 aromatic rings. The predicted molar refractivity (Wildman–Crippen MR) is 199 cm³/mol. The number of hydrogen-bond donors (Lipinski definition) is 1. The first-order valence-electron chi connectivity index (χ1n) is 18.3. The summed E-state index contributed by atoms with van der Waals surface area (Å²) in [5.74, 6) is 2.65. The molecule has 0 amide bonds. The molecule has 7 rings (SSSR count). The summed E-state index contributed by atoms with van der Waals surface area (Å²) >= 11 is 0. The zero-order valence-corrected chi connectivity index (χ0v) is 30.6. The summed E-state index contributed by atoms with van der Waals surface area (Å²) in [5, 5.41) is 15.0. The third-order valence-electron chi connectivity index (χ3n) is 11.1. The second kappa shape index (κ2) is 18.8. The molecule has 1 radical (unpaired) electrons. The Morgan fingerprint density at radius 3 is 2.21 bits per heavy atom. The number of pyridine rings is 1. The summed E-state index contributed by atoms with van der Waals surface area (Å²) in [7, 11) is 0. The fourth-order valence-corrected chi connectivity index (χ4v) is 8.37. The normalized spacial score (nSPS) is 20.6. The molecule has 3 saturated carbocycles. The number of ketones is 1. The monoisotopic (exact) mass is 823 g/mol. The van der Waals surface area contributed by atoms with Crippen LogP contribution in [0.1, 0.15) is 129 Å². The minimum atomic E-state index is 0. The van der Waals surface area contributed by atoms with Crippen LogP contribution >= 0.6 is 0 Å². The number of nitrogens with zero attached hydrogens (tertiary/aromatic N) is 1. The zero-order valence-electron chi connectivity index (χ0n) is 28.2. The molecule has 1 heterocycles. The number of aromatic nitrogens is 1. The average Bonchev–Trinajstić information content (AvgIpc) is 3.12. The Kier molecular flexibility index (Phi) is 14.9. The van der Waals surface area contributed by atoms with Crippen LogP contribution in [0.4, 0.5) is 0 Å². The maximum atomic E-state index is 12.0. The van der Waals surface area contributed by atoms with Gasteiger partial charge >= 0.3 is 0 Å². The van der Waals surface area contributed by atoms with Crippen LogP contribution in [0.3, 0.4) is 0 Å². The molecule has 0 unspecified atom stereocenters. The van der Waals surface area contributed by atoms with Gasteiger partial charge < -0.3 is 10.1 Å². The van der Waals surface area contributed by atoms with Crippen LogP contribution < -0.4 is 0 Å². The zero-order chi connectivity index (χ0) is 31.7. The van der Waals surface area contributed by atoms with Crippen LogP contribution in [0.2, 0.25) is 0 Å². The SMILES string of the molecule is C.CCCC1CCC(c2ccc3c(-c4[c-]ccc5ccccc45)nccc3c2)CC1.O=C(C=C(O)C1CCCCC1)C1CCCCC1.[Ir]. The van der Waals surface area contributed by atoms with Crippen molar-refractivity contribution in [3.63, 3.8) is 0 Å². The van der Waals surface area contributed by atoms with Gasteiger partial charge in [0.25, 0.3) is 0 Å². The van der Waals surface area contributed by atoms with E-state index in [9.17, 15) is 9.90 Å². The van der Waals surface area contributed by atoms with Crippen LogP contribution in [0.15, 0.2) is 78.7 Å². The van der Waals surface area contributed by atoms with Crippen molar-refractivity contribution in [1.29, 1.82) is 0 Å². The van der Waals surface area contributed by atoms with Gasteiger partial charge in [-0.2, -0.15) is 0 Å². The molecule has 0 aliphatic heterocycles. The summed E-state index contributed by atoms with van der Waals surface area (Å²) in [4.78, 5) is 16.8. The molecule has 3 aliphatic carbocycles. The van der Waals surface area contributed by atoms with E-state index in [1.807, 2.05) is 12.3 Å². The van der Waals surface area contributed by atoms with Crippen molar-refractivity contribution in [3.8, 4) is 11.3 Å². The van der Waals surface area contributed by atoms with E-state index in [4.69, 9.17) is 4.98 Å². The number of carbonyl (C=O) groups excluding carboxylic acids is 1. The topological polar surface area (TPSA) is 50.2 Å². The van der Waals surface area contributed by atoms with Crippen molar-refractivity contribution < 1.29 is 30.0 Å². The van der Waals surface area contributed by atoms with Crippen molar-refractivity contribution in [2.45, 2.75) is 123 Å². The van der Waals surface area contributed by atoms with Crippen LogP contribution in [-0.2, 0) is 24.9 Å². The van der Waals surface area contributed by atoms with Crippen molar-refractivity contribution in [1.82, 2.24) is 4.98 Å².